The number of benzene rings is 1. The van der Waals surface area contributed by atoms with Gasteiger partial charge in [0.1, 0.15) is 0 Å². The van der Waals surface area contributed by atoms with Gasteiger partial charge in [-0.05, 0) is 37.5 Å². The van der Waals surface area contributed by atoms with Crippen molar-refractivity contribution in [2.75, 3.05) is 11.1 Å². The van der Waals surface area contributed by atoms with E-state index in [0.717, 1.165) is 11.3 Å². The van der Waals surface area contributed by atoms with Gasteiger partial charge in [0, 0.05) is 12.1 Å². The molecule has 136 valence electrons. The first-order valence-electron chi connectivity index (χ1n) is 8.50. The summed E-state index contributed by atoms with van der Waals surface area (Å²) in [6, 6.07) is 6.61. The van der Waals surface area contributed by atoms with Crippen LogP contribution in [-0.2, 0) is 14.6 Å². The lowest BCUT2D eigenvalue weighted by Gasteiger charge is -2.16. The molecule has 25 heavy (non-hydrogen) atoms. The number of urea groups is 1. The molecule has 0 aromatic heterocycles. The molecule has 2 aliphatic rings. The molecule has 8 heteroatoms. The summed E-state index contributed by atoms with van der Waals surface area (Å²) >= 11 is 0. The van der Waals surface area contributed by atoms with Crippen LogP contribution in [0.15, 0.2) is 24.3 Å². The van der Waals surface area contributed by atoms with Crippen molar-refractivity contribution in [3.05, 3.63) is 29.8 Å². The summed E-state index contributed by atoms with van der Waals surface area (Å²) in [5.41, 5.74) is 1.84. The maximum atomic E-state index is 12.2. The third-order valence-corrected chi connectivity index (χ3v) is 7.04. The zero-order valence-electron chi connectivity index (χ0n) is 14.1. The standard InChI is InChI=1S/C17H23N3O4S/c1-11-5-4-6-12(9-11)18-15(21)8-3-2-7-14-16-13(10-25(14,23)24)19-17(22)20-16/h4-6,9,13-14,16H,2-3,7-8,10H2,1H3,(H,18,21)(H2,19,20,22). The second-order valence-corrected chi connectivity index (χ2v) is 9.05. The molecule has 0 bridgehead atoms. The van der Waals surface area contributed by atoms with Crippen molar-refractivity contribution in [3.63, 3.8) is 0 Å². The Hall–Kier alpha value is -2.09. The van der Waals surface area contributed by atoms with Crippen molar-refractivity contribution in [3.8, 4) is 0 Å². The summed E-state index contributed by atoms with van der Waals surface area (Å²) in [6.07, 6.45) is 2.05. The lowest BCUT2D eigenvalue weighted by molar-refractivity contribution is -0.116. The number of sulfone groups is 1. The highest BCUT2D eigenvalue weighted by atomic mass is 32.2. The number of rotatable bonds is 6. The highest BCUT2D eigenvalue weighted by molar-refractivity contribution is 7.92. The predicted octanol–water partition coefficient (Wildman–Crippen LogP) is 1.34. The van der Waals surface area contributed by atoms with E-state index >= 15 is 0 Å². The first-order valence-corrected chi connectivity index (χ1v) is 10.2. The van der Waals surface area contributed by atoms with Crippen LogP contribution in [0.3, 0.4) is 0 Å². The Morgan fingerprint density at radius 3 is 2.84 bits per heavy atom. The largest absolute Gasteiger partial charge is 0.332 e. The van der Waals surface area contributed by atoms with Gasteiger partial charge in [-0.3, -0.25) is 4.79 Å². The molecule has 0 saturated carbocycles. The van der Waals surface area contributed by atoms with Crippen LogP contribution in [0.4, 0.5) is 10.5 Å². The van der Waals surface area contributed by atoms with Gasteiger partial charge in [0.15, 0.2) is 9.84 Å². The number of hydrogen-bond acceptors (Lipinski definition) is 4. The quantitative estimate of drug-likeness (QED) is 0.523. The summed E-state index contributed by atoms with van der Waals surface area (Å²) in [5.74, 6) is -0.0804. The first-order chi connectivity index (χ1) is 11.8. The molecule has 3 N–H and O–H groups in total. The van der Waals surface area contributed by atoms with E-state index in [9.17, 15) is 18.0 Å². The van der Waals surface area contributed by atoms with Crippen LogP contribution in [0, 0.1) is 6.92 Å². The van der Waals surface area contributed by atoms with Crippen LogP contribution < -0.4 is 16.0 Å². The Kier molecular flexibility index (Phi) is 4.99. The molecule has 7 nitrogen and oxygen atoms in total. The number of carbonyl (C=O) groups is 2. The second-order valence-electron chi connectivity index (χ2n) is 6.78. The van der Waals surface area contributed by atoms with Crippen LogP contribution in [0.2, 0.25) is 0 Å². The number of nitrogens with one attached hydrogen (secondary N) is 3. The first kappa shape index (κ1) is 17.7. The molecular weight excluding hydrogens is 342 g/mol. The Bertz CT molecular complexity index is 778. The number of unbranched alkanes of at least 4 members (excludes halogenated alkanes) is 1. The zero-order valence-corrected chi connectivity index (χ0v) is 14.9. The number of anilines is 1. The summed E-state index contributed by atoms with van der Waals surface area (Å²) in [5, 5.41) is 7.64. The smallest absolute Gasteiger partial charge is 0.315 e. The highest BCUT2D eigenvalue weighted by Crippen LogP contribution is 2.28. The normalized spacial score (nSPS) is 26.6. The lowest BCUT2D eigenvalue weighted by Crippen LogP contribution is -2.39. The number of hydrogen-bond donors (Lipinski definition) is 3. The maximum Gasteiger partial charge on any atom is 0.315 e. The van der Waals surface area contributed by atoms with Crippen LogP contribution >= 0.6 is 0 Å². The minimum atomic E-state index is -3.20. The lowest BCUT2D eigenvalue weighted by atomic mass is 10.0. The van der Waals surface area contributed by atoms with Crippen molar-refractivity contribution in [1.29, 1.82) is 0 Å². The average Bonchev–Trinajstić information content (AvgIpc) is 2.96. The van der Waals surface area contributed by atoms with E-state index in [1.165, 1.54) is 0 Å². The minimum absolute atomic E-state index is 0.00504. The van der Waals surface area contributed by atoms with Gasteiger partial charge in [-0.15, -0.1) is 0 Å². The summed E-state index contributed by atoms with van der Waals surface area (Å²) in [7, 11) is -3.20. The summed E-state index contributed by atoms with van der Waals surface area (Å²) < 4.78 is 24.4. The van der Waals surface area contributed by atoms with Crippen LogP contribution in [0.5, 0.6) is 0 Å². The van der Waals surface area contributed by atoms with Crippen molar-refractivity contribution >= 4 is 27.5 Å². The Morgan fingerprint density at radius 2 is 2.08 bits per heavy atom. The monoisotopic (exact) mass is 365 g/mol. The molecule has 2 heterocycles. The van der Waals surface area contributed by atoms with Gasteiger partial charge < -0.3 is 16.0 Å². The van der Waals surface area contributed by atoms with E-state index in [0.29, 0.717) is 25.7 Å². The third kappa shape index (κ3) is 4.12. The molecule has 3 amide bonds. The van der Waals surface area contributed by atoms with E-state index in [1.54, 1.807) is 0 Å². The molecule has 3 unspecified atom stereocenters. The van der Waals surface area contributed by atoms with Crippen LogP contribution in [0.1, 0.15) is 31.2 Å². The number of carbonyl (C=O) groups excluding carboxylic acids is 2. The van der Waals surface area contributed by atoms with Crippen molar-refractivity contribution in [1.82, 2.24) is 10.6 Å². The van der Waals surface area contributed by atoms with E-state index < -0.39 is 15.1 Å². The van der Waals surface area contributed by atoms with Crippen LogP contribution in [-0.4, -0.2) is 43.4 Å². The van der Waals surface area contributed by atoms with Gasteiger partial charge in [-0.25, -0.2) is 13.2 Å². The summed E-state index contributed by atoms with van der Waals surface area (Å²) in [4.78, 5) is 23.3. The number of aryl methyl sites for hydroxylation is 1. The number of fused-ring (bicyclic) bond motifs is 1. The average molecular weight is 365 g/mol. The van der Waals surface area contributed by atoms with Crippen molar-refractivity contribution in [2.45, 2.75) is 49.9 Å². The van der Waals surface area contributed by atoms with E-state index in [2.05, 4.69) is 16.0 Å². The molecule has 2 saturated heterocycles. The topological polar surface area (TPSA) is 104 Å². The van der Waals surface area contributed by atoms with Gasteiger partial charge >= 0.3 is 6.03 Å². The van der Waals surface area contributed by atoms with Gasteiger partial charge in [-0.2, -0.15) is 0 Å². The molecule has 3 atom stereocenters. The second kappa shape index (κ2) is 7.03. The zero-order chi connectivity index (χ0) is 18.0. The van der Waals surface area contributed by atoms with Gasteiger partial charge in [0.2, 0.25) is 5.91 Å². The van der Waals surface area contributed by atoms with Gasteiger partial charge in [0.05, 0.1) is 23.1 Å². The number of amides is 3. The highest BCUT2D eigenvalue weighted by Gasteiger charge is 2.51. The summed E-state index contributed by atoms with van der Waals surface area (Å²) in [6.45, 7) is 1.96. The fourth-order valence-electron chi connectivity index (χ4n) is 3.58. The Morgan fingerprint density at radius 1 is 1.28 bits per heavy atom. The molecule has 2 aliphatic heterocycles. The third-order valence-electron chi connectivity index (χ3n) is 4.77. The molecule has 2 fully saturated rings. The fraction of sp³-hybridized carbons (Fsp3) is 0.529. The van der Waals surface area contributed by atoms with E-state index in [-0.39, 0.29) is 29.8 Å². The maximum absolute atomic E-state index is 12.2. The van der Waals surface area contributed by atoms with Gasteiger partial charge in [0.25, 0.3) is 0 Å². The minimum Gasteiger partial charge on any atom is -0.332 e. The molecule has 0 aliphatic carbocycles. The van der Waals surface area contributed by atoms with Crippen LogP contribution in [0.25, 0.3) is 0 Å². The van der Waals surface area contributed by atoms with E-state index in [4.69, 9.17) is 0 Å². The predicted molar refractivity (Wildman–Crippen MR) is 95.1 cm³/mol. The van der Waals surface area contributed by atoms with Gasteiger partial charge in [-0.1, -0.05) is 18.6 Å². The molecule has 0 radical (unpaired) electrons. The molecule has 0 spiro atoms. The molecule has 1 aromatic rings. The van der Waals surface area contributed by atoms with Crippen molar-refractivity contribution < 1.29 is 18.0 Å². The van der Waals surface area contributed by atoms with Crippen molar-refractivity contribution in [2.24, 2.45) is 0 Å². The Labute approximate surface area is 147 Å². The molecule has 1 aromatic carbocycles. The Balaban J connectivity index is 1.45. The fourth-order valence-corrected chi connectivity index (χ4v) is 5.85. The van der Waals surface area contributed by atoms with E-state index in [1.807, 2.05) is 31.2 Å². The molecule has 3 rings (SSSR count). The molecular formula is C17H23N3O4S. The SMILES string of the molecule is Cc1cccc(NC(=O)CCCCC2C3NC(=O)NC3CS2(=O)=O)c1.